The SMILES string of the molecule is Brc1ccc2c(c1)Cn1nc(Br)c(Br)c1O2. The molecule has 0 radical (unpaired) electrons. The van der Waals surface area contributed by atoms with Gasteiger partial charge in [0.05, 0.1) is 6.54 Å². The molecule has 0 bridgehead atoms. The van der Waals surface area contributed by atoms with Gasteiger partial charge in [-0.25, -0.2) is 4.68 Å². The van der Waals surface area contributed by atoms with Gasteiger partial charge in [0.1, 0.15) is 14.8 Å². The zero-order valence-electron chi connectivity index (χ0n) is 7.88. The van der Waals surface area contributed by atoms with Crippen LogP contribution in [0.3, 0.4) is 0 Å². The number of hydrogen-bond acceptors (Lipinski definition) is 2. The van der Waals surface area contributed by atoms with E-state index in [4.69, 9.17) is 4.74 Å². The van der Waals surface area contributed by atoms with Crippen molar-refractivity contribution in [3.05, 3.63) is 37.3 Å². The van der Waals surface area contributed by atoms with Gasteiger partial charge in [0.25, 0.3) is 0 Å². The zero-order valence-corrected chi connectivity index (χ0v) is 12.6. The fourth-order valence-electron chi connectivity index (χ4n) is 1.64. The Balaban J connectivity index is 2.13. The Morgan fingerprint density at radius 2 is 2.06 bits per heavy atom. The molecule has 3 nitrogen and oxygen atoms in total. The summed E-state index contributed by atoms with van der Waals surface area (Å²) in [5.74, 6) is 1.62. The number of hydrogen-bond donors (Lipinski definition) is 0. The first-order valence-electron chi connectivity index (χ1n) is 4.53. The summed E-state index contributed by atoms with van der Waals surface area (Å²) in [6, 6.07) is 5.96. The van der Waals surface area contributed by atoms with E-state index in [0.29, 0.717) is 6.54 Å². The van der Waals surface area contributed by atoms with Gasteiger partial charge in [-0.1, -0.05) is 15.9 Å². The summed E-state index contributed by atoms with van der Waals surface area (Å²) < 4.78 is 10.3. The van der Waals surface area contributed by atoms with Crippen LogP contribution in [0.2, 0.25) is 0 Å². The molecular weight excluding hydrogens is 404 g/mol. The molecule has 82 valence electrons. The van der Waals surface area contributed by atoms with Crippen molar-refractivity contribution in [1.82, 2.24) is 9.78 Å². The highest BCUT2D eigenvalue weighted by molar-refractivity contribution is 9.13. The van der Waals surface area contributed by atoms with Crippen molar-refractivity contribution in [2.24, 2.45) is 0 Å². The van der Waals surface area contributed by atoms with E-state index >= 15 is 0 Å². The average molecular weight is 409 g/mol. The molecule has 0 amide bonds. The van der Waals surface area contributed by atoms with Crippen molar-refractivity contribution in [1.29, 1.82) is 0 Å². The minimum atomic E-state index is 0.717. The minimum Gasteiger partial charge on any atom is -0.438 e. The molecule has 0 atom stereocenters. The van der Waals surface area contributed by atoms with Gasteiger partial charge in [0, 0.05) is 10.0 Å². The zero-order chi connectivity index (χ0) is 11.3. The summed E-state index contributed by atoms with van der Waals surface area (Å²) in [5.41, 5.74) is 1.12. The highest BCUT2D eigenvalue weighted by atomic mass is 79.9. The van der Waals surface area contributed by atoms with Gasteiger partial charge < -0.3 is 4.74 Å². The predicted octanol–water partition coefficient (Wildman–Crippen LogP) is 4.32. The number of ether oxygens (including phenoxy) is 1. The number of fused-ring (bicyclic) bond motifs is 2. The van der Waals surface area contributed by atoms with Crippen molar-refractivity contribution in [2.45, 2.75) is 6.54 Å². The summed E-state index contributed by atoms with van der Waals surface area (Å²) >= 11 is 10.3. The van der Waals surface area contributed by atoms with E-state index in [-0.39, 0.29) is 0 Å². The van der Waals surface area contributed by atoms with Crippen LogP contribution in [0.1, 0.15) is 5.56 Å². The second-order valence-electron chi connectivity index (χ2n) is 3.42. The first kappa shape index (κ1) is 10.8. The van der Waals surface area contributed by atoms with Crippen LogP contribution in [0.5, 0.6) is 11.6 Å². The minimum absolute atomic E-state index is 0.717. The fraction of sp³-hybridized carbons (Fsp3) is 0.100. The van der Waals surface area contributed by atoms with Gasteiger partial charge in [-0.2, -0.15) is 5.10 Å². The average Bonchev–Trinajstić information content (AvgIpc) is 2.52. The van der Waals surface area contributed by atoms with Crippen LogP contribution in [-0.4, -0.2) is 9.78 Å². The van der Waals surface area contributed by atoms with Gasteiger partial charge in [0.2, 0.25) is 5.88 Å². The molecule has 1 aliphatic rings. The second-order valence-corrected chi connectivity index (χ2v) is 5.88. The predicted molar refractivity (Wildman–Crippen MR) is 70.9 cm³/mol. The largest absolute Gasteiger partial charge is 0.438 e. The Morgan fingerprint density at radius 3 is 2.88 bits per heavy atom. The van der Waals surface area contributed by atoms with Crippen molar-refractivity contribution >= 4 is 47.8 Å². The molecule has 0 unspecified atom stereocenters. The van der Waals surface area contributed by atoms with E-state index in [1.54, 1.807) is 0 Å². The molecule has 1 aromatic heterocycles. The molecule has 1 aromatic carbocycles. The normalized spacial score (nSPS) is 12.9. The van der Waals surface area contributed by atoms with Crippen LogP contribution in [0.15, 0.2) is 31.7 Å². The smallest absolute Gasteiger partial charge is 0.233 e. The molecule has 0 N–H and O–H groups in total. The molecule has 3 rings (SSSR count). The molecule has 2 aromatic rings. The lowest BCUT2D eigenvalue weighted by atomic mass is 10.2. The molecule has 0 saturated heterocycles. The quantitative estimate of drug-likeness (QED) is 0.553. The van der Waals surface area contributed by atoms with Gasteiger partial charge >= 0.3 is 0 Å². The molecule has 0 spiro atoms. The molecule has 1 aliphatic heterocycles. The van der Waals surface area contributed by atoms with Crippen LogP contribution in [0, 0.1) is 0 Å². The van der Waals surface area contributed by atoms with Gasteiger partial charge in [-0.3, -0.25) is 0 Å². The standard InChI is InChI=1S/C10H5Br3N2O/c11-6-1-2-7-5(3-6)4-15-10(16-7)8(12)9(13)14-15/h1-3H,4H2. The summed E-state index contributed by atoms with van der Waals surface area (Å²) in [6.07, 6.45) is 0. The number of benzene rings is 1. The molecule has 2 heterocycles. The van der Waals surface area contributed by atoms with Crippen LogP contribution < -0.4 is 4.74 Å². The molecular formula is C10H5Br3N2O. The monoisotopic (exact) mass is 406 g/mol. The summed E-state index contributed by atoms with van der Waals surface area (Å²) in [6.45, 7) is 0.717. The summed E-state index contributed by atoms with van der Waals surface area (Å²) in [5, 5.41) is 4.33. The number of nitrogens with zero attached hydrogens (tertiary/aromatic N) is 2. The lowest BCUT2D eigenvalue weighted by molar-refractivity contribution is 0.386. The second kappa shape index (κ2) is 3.85. The number of aromatic nitrogens is 2. The van der Waals surface area contributed by atoms with Crippen LogP contribution >= 0.6 is 47.8 Å². The molecule has 0 saturated carbocycles. The van der Waals surface area contributed by atoms with Crippen molar-refractivity contribution in [3.8, 4) is 11.6 Å². The van der Waals surface area contributed by atoms with Crippen molar-refractivity contribution < 1.29 is 4.74 Å². The van der Waals surface area contributed by atoms with Crippen LogP contribution in [0.25, 0.3) is 0 Å². The number of halogens is 3. The third kappa shape index (κ3) is 1.63. The molecule has 16 heavy (non-hydrogen) atoms. The summed E-state index contributed by atoms with van der Waals surface area (Å²) in [7, 11) is 0. The van der Waals surface area contributed by atoms with Crippen LogP contribution in [0.4, 0.5) is 0 Å². The summed E-state index contributed by atoms with van der Waals surface area (Å²) in [4.78, 5) is 0. The fourth-order valence-corrected chi connectivity index (χ4v) is 2.77. The highest BCUT2D eigenvalue weighted by Crippen LogP contribution is 2.40. The third-order valence-corrected chi connectivity index (χ3v) is 4.66. The van der Waals surface area contributed by atoms with Crippen molar-refractivity contribution in [2.75, 3.05) is 0 Å². The first-order valence-corrected chi connectivity index (χ1v) is 6.91. The Bertz CT molecular complexity index is 580. The maximum atomic E-state index is 5.79. The van der Waals surface area contributed by atoms with E-state index in [1.165, 1.54) is 0 Å². The van der Waals surface area contributed by atoms with Gasteiger partial charge in [0.15, 0.2) is 0 Å². The Labute approximate surface area is 117 Å². The maximum absolute atomic E-state index is 5.79. The Kier molecular flexibility index (Phi) is 2.60. The van der Waals surface area contributed by atoms with Crippen LogP contribution in [-0.2, 0) is 6.54 Å². The van der Waals surface area contributed by atoms with Gasteiger partial charge in [-0.05, 0) is 50.1 Å². The highest BCUT2D eigenvalue weighted by Gasteiger charge is 2.22. The van der Waals surface area contributed by atoms with E-state index in [9.17, 15) is 0 Å². The molecule has 6 heteroatoms. The molecule has 0 fully saturated rings. The Morgan fingerprint density at radius 1 is 1.25 bits per heavy atom. The molecule has 0 aliphatic carbocycles. The lowest BCUT2D eigenvalue weighted by Gasteiger charge is -2.18. The van der Waals surface area contributed by atoms with Crippen molar-refractivity contribution in [3.63, 3.8) is 0 Å². The maximum Gasteiger partial charge on any atom is 0.233 e. The van der Waals surface area contributed by atoms with E-state index in [2.05, 4.69) is 52.9 Å². The lowest BCUT2D eigenvalue weighted by Crippen LogP contribution is -2.10. The Hall–Kier alpha value is -0.330. The number of rotatable bonds is 0. The van der Waals surface area contributed by atoms with Gasteiger partial charge in [-0.15, -0.1) is 0 Å². The van der Waals surface area contributed by atoms with E-state index in [1.807, 2.05) is 22.9 Å². The van der Waals surface area contributed by atoms with E-state index in [0.717, 1.165) is 30.7 Å². The first-order chi connectivity index (χ1) is 7.65. The topological polar surface area (TPSA) is 27.1 Å². The third-order valence-electron chi connectivity index (χ3n) is 2.36. The van der Waals surface area contributed by atoms with E-state index < -0.39 is 0 Å².